The van der Waals surface area contributed by atoms with Crippen molar-refractivity contribution in [3.05, 3.63) is 51.0 Å². The molecule has 0 unspecified atom stereocenters. The molecule has 2 amide bonds. The summed E-state index contributed by atoms with van der Waals surface area (Å²) in [6.45, 7) is 5.51. The van der Waals surface area contributed by atoms with Crippen LogP contribution in [-0.4, -0.2) is 41.8 Å². The van der Waals surface area contributed by atoms with Crippen molar-refractivity contribution in [2.45, 2.75) is 46.0 Å². The lowest BCUT2D eigenvalue weighted by Gasteiger charge is -2.32. The van der Waals surface area contributed by atoms with Gasteiger partial charge in [-0.25, -0.2) is 4.98 Å². The van der Waals surface area contributed by atoms with Gasteiger partial charge in [0.15, 0.2) is 0 Å². The number of aromatic nitrogens is 1. The number of aryl methyl sites for hydroxylation is 3. The fraction of sp³-hybridized carbons (Fsp3) is 0.500. The minimum atomic E-state index is 0.0778. The van der Waals surface area contributed by atoms with Gasteiger partial charge in [0.25, 0.3) is 5.91 Å². The maximum Gasteiger partial charge on any atom is 0.265 e. The highest BCUT2D eigenvalue weighted by Gasteiger charge is 2.26. The average molecular weight is 400 g/mol. The molecule has 0 atom stereocenters. The minimum absolute atomic E-state index is 0.0778. The monoisotopic (exact) mass is 399 g/mol. The molecule has 1 saturated heterocycles. The van der Waals surface area contributed by atoms with Crippen molar-refractivity contribution in [3.8, 4) is 0 Å². The van der Waals surface area contributed by atoms with Crippen LogP contribution in [0, 0.1) is 19.8 Å². The number of thiazole rings is 1. The SMILES string of the molecule is CNC(=O)CCc1ccc(CC2CCN(C(=O)c3sc(C)nc3C)CC2)cc1. The fourth-order valence-electron chi connectivity index (χ4n) is 3.77. The van der Waals surface area contributed by atoms with Crippen molar-refractivity contribution < 1.29 is 9.59 Å². The predicted octanol–water partition coefficient (Wildman–Crippen LogP) is 3.53. The molecule has 0 aliphatic carbocycles. The van der Waals surface area contributed by atoms with E-state index in [0.29, 0.717) is 12.3 Å². The van der Waals surface area contributed by atoms with Gasteiger partial charge in [-0.05, 0) is 56.6 Å². The average Bonchev–Trinajstić information content (AvgIpc) is 3.05. The van der Waals surface area contributed by atoms with Gasteiger partial charge in [0.1, 0.15) is 4.88 Å². The number of nitrogens with one attached hydrogen (secondary N) is 1. The number of benzene rings is 1. The van der Waals surface area contributed by atoms with Crippen LogP contribution >= 0.6 is 11.3 Å². The highest BCUT2D eigenvalue weighted by Crippen LogP contribution is 2.25. The number of carbonyl (C=O) groups excluding carboxylic acids is 2. The first-order valence-corrected chi connectivity index (χ1v) is 10.8. The molecule has 1 fully saturated rings. The van der Waals surface area contributed by atoms with Crippen LogP contribution < -0.4 is 5.32 Å². The lowest BCUT2D eigenvalue weighted by molar-refractivity contribution is -0.120. The topological polar surface area (TPSA) is 62.3 Å². The zero-order valence-electron chi connectivity index (χ0n) is 17.0. The molecular weight excluding hydrogens is 370 g/mol. The Morgan fingerprint density at radius 3 is 2.36 bits per heavy atom. The maximum atomic E-state index is 12.7. The molecular formula is C22H29N3O2S. The van der Waals surface area contributed by atoms with Crippen molar-refractivity contribution in [2.24, 2.45) is 5.92 Å². The van der Waals surface area contributed by atoms with E-state index in [4.69, 9.17) is 0 Å². The normalized spacial score (nSPS) is 14.9. The van der Waals surface area contributed by atoms with Gasteiger partial charge in [-0.1, -0.05) is 24.3 Å². The molecule has 150 valence electrons. The Hall–Kier alpha value is -2.21. The Bertz CT molecular complexity index is 821. The first kappa shape index (κ1) is 20.5. The van der Waals surface area contributed by atoms with Gasteiger partial charge >= 0.3 is 0 Å². The van der Waals surface area contributed by atoms with Gasteiger partial charge < -0.3 is 10.2 Å². The number of nitrogens with zero attached hydrogens (tertiary/aromatic N) is 2. The standard InChI is InChI=1S/C22H29N3O2S/c1-15-21(28-16(2)24-15)22(27)25-12-10-19(11-13-25)14-18-6-4-17(5-7-18)8-9-20(26)23-3/h4-7,19H,8-14H2,1-3H3,(H,23,26). The number of hydrogen-bond acceptors (Lipinski definition) is 4. The van der Waals surface area contributed by atoms with Crippen LogP contribution in [0.25, 0.3) is 0 Å². The Kier molecular flexibility index (Phi) is 6.83. The number of likely N-dealkylation sites (tertiary alicyclic amines) is 1. The summed E-state index contributed by atoms with van der Waals surface area (Å²) in [6.07, 6.45) is 4.44. The number of piperidine rings is 1. The van der Waals surface area contributed by atoms with E-state index < -0.39 is 0 Å². The highest BCUT2D eigenvalue weighted by molar-refractivity contribution is 7.13. The maximum absolute atomic E-state index is 12.7. The van der Waals surface area contributed by atoms with Gasteiger partial charge in [0, 0.05) is 26.6 Å². The van der Waals surface area contributed by atoms with Crippen molar-refractivity contribution in [2.75, 3.05) is 20.1 Å². The molecule has 1 aliphatic rings. The summed E-state index contributed by atoms with van der Waals surface area (Å²) in [4.78, 5) is 31.3. The molecule has 5 nitrogen and oxygen atoms in total. The van der Waals surface area contributed by atoms with Crippen molar-refractivity contribution in [3.63, 3.8) is 0 Å². The molecule has 6 heteroatoms. The van der Waals surface area contributed by atoms with Crippen LogP contribution in [0.1, 0.15) is 50.8 Å². The van der Waals surface area contributed by atoms with E-state index in [9.17, 15) is 9.59 Å². The van der Waals surface area contributed by atoms with Crippen molar-refractivity contribution in [1.82, 2.24) is 15.2 Å². The van der Waals surface area contributed by atoms with Gasteiger partial charge in [0.05, 0.1) is 10.7 Å². The van der Waals surface area contributed by atoms with Gasteiger partial charge in [0.2, 0.25) is 5.91 Å². The fourth-order valence-corrected chi connectivity index (χ4v) is 4.66. The third kappa shape index (κ3) is 5.19. The first-order valence-electron chi connectivity index (χ1n) is 9.98. The van der Waals surface area contributed by atoms with E-state index >= 15 is 0 Å². The first-order chi connectivity index (χ1) is 13.5. The van der Waals surface area contributed by atoms with E-state index in [2.05, 4.69) is 34.6 Å². The Balaban J connectivity index is 1.48. The van der Waals surface area contributed by atoms with Gasteiger partial charge in [-0.2, -0.15) is 0 Å². The summed E-state index contributed by atoms with van der Waals surface area (Å²) in [5.74, 6) is 0.834. The second kappa shape index (κ2) is 9.32. The second-order valence-electron chi connectivity index (χ2n) is 7.58. The van der Waals surface area contributed by atoms with E-state index in [-0.39, 0.29) is 11.8 Å². The lowest BCUT2D eigenvalue weighted by Crippen LogP contribution is -2.38. The van der Waals surface area contributed by atoms with Crippen LogP contribution in [0.2, 0.25) is 0 Å². The number of amides is 2. The second-order valence-corrected chi connectivity index (χ2v) is 8.78. The summed E-state index contributed by atoms with van der Waals surface area (Å²) in [6, 6.07) is 8.62. The third-order valence-electron chi connectivity index (χ3n) is 5.47. The quantitative estimate of drug-likeness (QED) is 0.808. The van der Waals surface area contributed by atoms with Crippen LogP contribution in [0.15, 0.2) is 24.3 Å². The van der Waals surface area contributed by atoms with E-state index in [0.717, 1.165) is 54.4 Å². The number of rotatable bonds is 6. The molecule has 0 saturated carbocycles. The Labute approximate surface area is 171 Å². The molecule has 1 aromatic carbocycles. The Morgan fingerprint density at radius 1 is 1.14 bits per heavy atom. The summed E-state index contributed by atoms with van der Waals surface area (Å²) < 4.78 is 0. The predicted molar refractivity (Wildman–Crippen MR) is 113 cm³/mol. The van der Waals surface area contributed by atoms with E-state index in [1.54, 1.807) is 7.05 Å². The zero-order valence-corrected chi connectivity index (χ0v) is 17.8. The summed E-state index contributed by atoms with van der Waals surface area (Å²) in [5.41, 5.74) is 3.39. The third-order valence-corrected chi connectivity index (χ3v) is 6.53. The molecule has 2 heterocycles. The lowest BCUT2D eigenvalue weighted by atomic mass is 9.89. The summed E-state index contributed by atoms with van der Waals surface area (Å²) in [5, 5.41) is 3.61. The molecule has 1 N–H and O–H groups in total. The molecule has 0 radical (unpaired) electrons. The molecule has 0 spiro atoms. The van der Waals surface area contributed by atoms with Crippen LogP contribution in [0.4, 0.5) is 0 Å². The summed E-state index contributed by atoms with van der Waals surface area (Å²) in [7, 11) is 1.67. The van der Waals surface area contributed by atoms with Crippen LogP contribution in [-0.2, 0) is 17.6 Å². The minimum Gasteiger partial charge on any atom is -0.359 e. The molecule has 3 rings (SSSR count). The zero-order chi connectivity index (χ0) is 20.1. The largest absolute Gasteiger partial charge is 0.359 e. The van der Waals surface area contributed by atoms with Gasteiger partial charge in [-0.15, -0.1) is 11.3 Å². The van der Waals surface area contributed by atoms with Crippen molar-refractivity contribution >= 4 is 23.2 Å². The molecule has 0 bridgehead atoms. The van der Waals surface area contributed by atoms with Crippen LogP contribution in [0.5, 0.6) is 0 Å². The number of carbonyl (C=O) groups is 2. The number of hydrogen-bond donors (Lipinski definition) is 1. The molecule has 1 aliphatic heterocycles. The van der Waals surface area contributed by atoms with Gasteiger partial charge in [-0.3, -0.25) is 9.59 Å². The van der Waals surface area contributed by atoms with E-state index in [1.165, 1.54) is 22.5 Å². The van der Waals surface area contributed by atoms with Crippen LogP contribution in [0.3, 0.4) is 0 Å². The molecule has 1 aromatic heterocycles. The highest BCUT2D eigenvalue weighted by atomic mass is 32.1. The molecule has 2 aromatic rings. The molecule has 28 heavy (non-hydrogen) atoms. The van der Waals surface area contributed by atoms with Crippen molar-refractivity contribution in [1.29, 1.82) is 0 Å². The summed E-state index contributed by atoms with van der Waals surface area (Å²) >= 11 is 1.50. The smallest absolute Gasteiger partial charge is 0.265 e. The Morgan fingerprint density at radius 2 is 1.79 bits per heavy atom. The van der Waals surface area contributed by atoms with E-state index in [1.807, 2.05) is 18.7 Å².